The Morgan fingerprint density at radius 2 is 1.55 bits per heavy atom. The Labute approximate surface area is 370 Å². The number of benzene rings is 1. The van der Waals surface area contributed by atoms with Crippen molar-refractivity contribution in [1.82, 2.24) is 4.90 Å². The Morgan fingerprint density at radius 1 is 0.887 bits per heavy atom. The number of rotatable bonds is 13. The molecule has 0 spiro atoms. The van der Waals surface area contributed by atoms with E-state index in [0.29, 0.717) is 18.7 Å². The average Bonchev–Trinajstić information content (AvgIpc) is 3.22. The first-order valence-corrected chi connectivity index (χ1v) is 22.7. The van der Waals surface area contributed by atoms with Gasteiger partial charge in [0.2, 0.25) is 0 Å². The smallest absolute Gasteiger partial charge is 0.311 e. The molecule has 3 fully saturated rings. The molecule has 0 unspecified atom stereocenters. The molecule has 0 bridgehead atoms. The van der Waals surface area contributed by atoms with E-state index in [1.807, 2.05) is 51.0 Å². The lowest BCUT2D eigenvalue weighted by Gasteiger charge is -2.49. The molecule has 15 heteroatoms. The number of aliphatic hydroxyl groups excluding tert-OH is 3. The maximum atomic E-state index is 14.4. The van der Waals surface area contributed by atoms with Gasteiger partial charge in [-0.3, -0.25) is 4.79 Å². The molecular weight excluding hydrogens is 801 g/mol. The molecule has 0 aromatic heterocycles. The van der Waals surface area contributed by atoms with E-state index in [-0.39, 0.29) is 31.4 Å². The molecule has 62 heavy (non-hydrogen) atoms. The van der Waals surface area contributed by atoms with Gasteiger partial charge in [0.15, 0.2) is 12.6 Å². The number of nitrogens with zero attached hydrogens (tertiary/aromatic N) is 2. The van der Waals surface area contributed by atoms with Crippen molar-refractivity contribution < 1.29 is 63.6 Å². The van der Waals surface area contributed by atoms with E-state index in [2.05, 4.69) is 17.3 Å². The SMILES string of the molecule is CC[C@H]1OC(=O)[C@H](C)[C@@H](O[C@H]2C[C@@](C)(OC)[C@@H](O)[C@H](C)O2)[C@H](C)[C@@H](O[C@@H]2O[C@H](C)C[C@H](N(C)C)[C@H]2O)[C@@](C)(O)C[C@@H](C)/C(=N/OCCCCc2ccccc2)[C@H](C)[C@@H](O)[C@]1(C)O. The summed E-state index contributed by atoms with van der Waals surface area (Å²) in [6.07, 6.45) is -6.77. The molecule has 4 rings (SSSR count). The number of carbonyl (C=O) groups is 1. The van der Waals surface area contributed by atoms with Gasteiger partial charge in [0.1, 0.15) is 30.5 Å². The number of aryl methyl sites for hydroxylation is 1. The number of ether oxygens (including phenoxy) is 6. The van der Waals surface area contributed by atoms with E-state index in [4.69, 9.17) is 33.3 Å². The van der Waals surface area contributed by atoms with Crippen LogP contribution in [0.15, 0.2) is 35.5 Å². The minimum absolute atomic E-state index is 0.0144. The standard InChI is InChI=1S/C47H80N2O13/c1-14-35-47(10,55)40(51)29(4)37(48-57-23-19-18-22-33-20-16-15-17-21-33)27(2)25-45(8,54)42(62-44-38(50)34(49(11)12)24-28(3)58-44)30(5)39(31(6)43(53)60-35)61-36-26-46(9,56-13)41(52)32(7)59-36/h15-17,20-21,27-32,34-36,38-42,44,50-52,54-55H,14,18-19,22-26H2,1-13H3/b48-37-/t27-,28-,29+,30+,31-,32+,34+,35-,36+,38-,39+,40-,41+,42-,44+,45+,46-,47-/m1/s1. The number of hydrogen-bond donors (Lipinski definition) is 5. The number of unbranched alkanes of at least 4 members (excludes halogenated alkanes) is 1. The van der Waals surface area contributed by atoms with Crippen molar-refractivity contribution in [3.05, 3.63) is 35.9 Å². The first-order chi connectivity index (χ1) is 29.0. The van der Waals surface area contributed by atoms with Crippen molar-refractivity contribution in [3.63, 3.8) is 0 Å². The fraction of sp³-hybridized carbons (Fsp3) is 0.830. The summed E-state index contributed by atoms with van der Waals surface area (Å²) < 4.78 is 37.9. The van der Waals surface area contributed by atoms with Crippen LogP contribution < -0.4 is 0 Å². The van der Waals surface area contributed by atoms with Crippen molar-refractivity contribution >= 4 is 11.7 Å². The van der Waals surface area contributed by atoms with Gasteiger partial charge in [-0.25, -0.2) is 0 Å². The number of esters is 1. The Bertz CT molecular complexity index is 1560. The van der Waals surface area contributed by atoms with Crippen molar-refractivity contribution in [2.24, 2.45) is 28.8 Å². The molecule has 3 heterocycles. The second kappa shape index (κ2) is 22.3. The van der Waals surface area contributed by atoms with Crippen LogP contribution in [0.3, 0.4) is 0 Å². The predicted molar refractivity (Wildman–Crippen MR) is 234 cm³/mol. The molecule has 5 N–H and O–H groups in total. The van der Waals surface area contributed by atoms with Crippen molar-refractivity contribution in [2.45, 2.75) is 198 Å². The molecule has 0 amide bonds. The van der Waals surface area contributed by atoms with Crippen molar-refractivity contribution in [1.29, 1.82) is 0 Å². The Morgan fingerprint density at radius 3 is 2.16 bits per heavy atom. The minimum Gasteiger partial charge on any atom is -0.459 e. The lowest BCUT2D eigenvalue weighted by Crippen LogP contribution is -2.61. The lowest BCUT2D eigenvalue weighted by atomic mass is 9.73. The monoisotopic (exact) mass is 881 g/mol. The molecule has 15 nitrogen and oxygen atoms in total. The summed E-state index contributed by atoms with van der Waals surface area (Å²) in [6, 6.07) is 9.86. The third kappa shape index (κ3) is 12.5. The number of cyclic esters (lactones) is 1. The molecule has 3 aliphatic rings. The van der Waals surface area contributed by atoms with Crippen LogP contribution in [-0.4, -0.2) is 154 Å². The summed E-state index contributed by atoms with van der Waals surface area (Å²) in [5.74, 6) is -3.98. The predicted octanol–water partition coefficient (Wildman–Crippen LogP) is 4.61. The molecule has 1 aromatic carbocycles. The third-order valence-electron chi connectivity index (χ3n) is 13.8. The van der Waals surface area contributed by atoms with Gasteiger partial charge in [0.25, 0.3) is 0 Å². The van der Waals surface area contributed by atoms with Crippen LogP contribution >= 0.6 is 0 Å². The summed E-state index contributed by atoms with van der Waals surface area (Å²) in [5.41, 5.74) is -3.11. The molecule has 3 saturated heterocycles. The molecule has 18 atom stereocenters. The normalized spacial score (nSPS) is 43.6. The van der Waals surface area contributed by atoms with Gasteiger partial charge in [-0.05, 0) is 99.7 Å². The number of hydrogen-bond acceptors (Lipinski definition) is 15. The van der Waals surface area contributed by atoms with Crippen LogP contribution in [0.2, 0.25) is 0 Å². The summed E-state index contributed by atoms with van der Waals surface area (Å²) in [4.78, 5) is 22.3. The van der Waals surface area contributed by atoms with Gasteiger partial charge >= 0.3 is 5.97 Å². The fourth-order valence-corrected chi connectivity index (χ4v) is 9.85. The van der Waals surface area contributed by atoms with Crippen molar-refractivity contribution in [2.75, 3.05) is 27.8 Å². The highest BCUT2D eigenvalue weighted by atomic mass is 16.7. The van der Waals surface area contributed by atoms with Gasteiger partial charge in [0.05, 0.1) is 53.4 Å². The zero-order valence-electron chi connectivity index (χ0n) is 39.6. The molecular formula is C47H80N2O13. The van der Waals surface area contributed by atoms with E-state index < -0.39 is 102 Å². The Kier molecular flexibility index (Phi) is 18.8. The van der Waals surface area contributed by atoms with Gasteiger partial charge in [-0.15, -0.1) is 0 Å². The minimum atomic E-state index is -1.94. The molecule has 356 valence electrons. The number of likely N-dealkylation sites (N-methyl/N-ethyl adjacent to an activating group) is 1. The summed E-state index contributed by atoms with van der Waals surface area (Å²) in [7, 11) is 5.25. The highest BCUT2D eigenvalue weighted by Crippen LogP contribution is 2.41. The maximum absolute atomic E-state index is 14.4. The number of aliphatic hydroxyl groups is 5. The van der Waals surface area contributed by atoms with Crippen LogP contribution in [0.5, 0.6) is 0 Å². The topological polar surface area (TPSA) is 198 Å². The van der Waals surface area contributed by atoms with Crippen LogP contribution in [0.4, 0.5) is 0 Å². The Hall–Kier alpha value is -2.28. The fourth-order valence-electron chi connectivity index (χ4n) is 9.85. The van der Waals surface area contributed by atoms with Crippen molar-refractivity contribution in [3.8, 4) is 0 Å². The van der Waals surface area contributed by atoms with Gasteiger partial charge in [0, 0.05) is 37.3 Å². The van der Waals surface area contributed by atoms with Crippen LogP contribution in [0, 0.1) is 23.7 Å². The highest BCUT2D eigenvalue weighted by Gasteiger charge is 2.53. The molecule has 0 radical (unpaired) electrons. The van der Waals surface area contributed by atoms with Gasteiger partial charge in [-0.1, -0.05) is 63.2 Å². The maximum Gasteiger partial charge on any atom is 0.311 e. The number of carbonyl (C=O) groups excluding carboxylic acids is 1. The van der Waals surface area contributed by atoms with E-state index >= 15 is 0 Å². The first-order valence-electron chi connectivity index (χ1n) is 22.7. The lowest BCUT2D eigenvalue weighted by molar-refractivity contribution is -0.317. The van der Waals surface area contributed by atoms with E-state index in [9.17, 15) is 30.3 Å². The molecule has 0 aliphatic carbocycles. The number of methoxy groups -OCH3 is 1. The highest BCUT2D eigenvalue weighted by molar-refractivity contribution is 5.88. The summed E-state index contributed by atoms with van der Waals surface area (Å²) in [6.45, 7) is 17.6. The van der Waals surface area contributed by atoms with Crippen LogP contribution in [-0.2, 0) is 44.5 Å². The zero-order chi connectivity index (χ0) is 46.3. The molecule has 0 saturated carbocycles. The molecule has 3 aliphatic heterocycles. The largest absolute Gasteiger partial charge is 0.459 e. The number of oxime groups is 1. The second-order valence-corrected chi connectivity index (χ2v) is 19.4. The summed E-state index contributed by atoms with van der Waals surface area (Å²) in [5, 5.41) is 64.3. The van der Waals surface area contributed by atoms with Crippen LogP contribution in [0.25, 0.3) is 0 Å². The van der Waals surface area contributed by atoms with Gasteiger partial charge in [-0.2, -0.15) is 0 Å². The van der Waals surface area contributed by atoms with E-state index in [0.717, 1.165) is 19.3 Å². The zero-order valence-corrected chi connectivity index (χ0v) is 39.6. The quantitative estimate of drug-likeness (QED) is 0.105. The van der Waals surface area contributed by atoms with E-state index in [1.54, 1.807) is 48.5 Å². The average molecular weight is 881 g/mol. The summed E-state index contributed by atoms with van der Waals surface area (Å²) >= 11 is 0. The van der Waals surface area contributed by atoms with Gasteiger partial charge < -0.3 is 63.7 Å². The Balaban J connectivity index is 1.80. The molecule has 1 aromatic rings. The first kappa shape index (κ1) is 52.3. The third-order valence-corrected chi connectivity index (χ3v) is 13.8. The second-order valence-electron chi connectivity index (χ2n) is 19.4. The van der Waals surface area contributed by atoms with Crippen LogP contribution in [0.1, 0.15) is 113 Å². The van der Waals surface area contributed by atoms with E-state index in [1.165, 1.54) is 19.6 Å².